The number of carbonyl (C=O) groups is 1. The van der Waals surface area contributed by atoms with Gasteiger partial charge in [-0.2, -0.15) is 0 Å². The van der Waals surface area contributed by atoms with E-state index in [1.165, 1.54) is 17.3 Å². The Hall–Kier alpha value is -2.12. The highest BCUT2D eigenvalue weighted by Gasteiger charge is 2.15. The molecular formula is C25H37N3O3S. The van der Waals surface area contributed by atoms with Crippen LogP contribution in [0.1, 0.15) is 62.4 Å². The minimum Gasteiger partial charge on any atom is -0.385 e. The number of nitrogens with zero attached hydrogens (tertiary/aromatic N) is 2. The molecule has 1 amide bonds. The van der Waals surface area contributed by atoms with Crippen LogP contribution < -0.4 is 10.9 Å². The molecular weight excluding hydrogens is 422 g/mol. The Kier molecular flexibility index (Phi) is 9.97. The van der Waals surface area contributed by atoms with Gasteiger partial charge in [0.1, 0.15) is 0 Å². The number of aryl methyl sites for hydroxylation is 1. The quantitative estimate of drug-likeness (QED) is 0.312. The Labute approximate surface area is 196 Å². The lowest BCUT2D eigenvalue weighted by atomic mass is 9.86. The summed E-state index contributed by atoms with van der Waals surface area (Å²) >= 11 is 1.52. The molecule has 0 atom stereocenters. The van der Waals surface area contributed by atoms with Crippen molar-refractivity contribution < 1.29 is 9.53 Å². The van der Waals surface area contributed by atoms with E-state index in [0.717, 1.165) is 35.4 Å². The molecule has 1 aromatic heterocycles. The summed E-state index contributed by atoms with van der Waals surface area (Å²) in [6.45, 7) is 9.76. The smallest absolute Gasteiger partial charge is 0.257 e. The summed E-state index contributed by atoms with van der Waals surface area (Å²) in [4.78, 5) is 29.5. The molecule has 0 saturated carbocycles. The number of methoxy groups -OCH3 is 1. The van der Waals surface area contributed by atoms with Gasteiger partial charge < -0.3 is 10.1 Å². The number of hydrogen-bond donors (Lipinski definition) is 1. The highest BCUT2D eigenvalue weighted by Crippen LogP contribution is 2.23. The van der Waals surface area contributed by atoms with E-state index in [1.807, 2.05) is 6.92 Å². The van der Waals surface area contributed by atoms with E-state index in [2.05, 4.69) is 55.3 Å². The number of benzene rings is 1. The maximum absolute atomic E-state index is 13.0. The zero-order valence-corrected chi connectivity index (χ0v) is 21.1. The zero-order chi connectivity index (χ0) is 23.7. The van der Waals surface area contributed by atoms with Crippen LogP contribution in [0.15, 0.2) is 34.2 Å². The first-order valence-electron chi connectivity index (χ1n) is 11.2. The maximum atomic E-state index is 13.0. The third-order valence-corrected chi connectivity index (χ3v) is 6.49. The largest absolute Gasteiger partial charge is 0.385 e. The molecule has 1 heterocycles. The molecule has 176 valence electrons. The number of hydrogen-bond acceptors (Lipinski definition) is 5. The number of carbonyl (C=O) groups excluding carboxylic acids is 1. The van der Waals surface area contributed by atoms with Crippen LogP contribution in [0, 0.1) is 6.92 Å². The summed E-state index contributed by atoms with van der Waals surface area (Å²) < 4.78 is 6.60. The fourth-order valence-electron chi connectivity index (χ4n) is 3.32. The average Bonchev–Trinajstić information content (AvgIpc) is 2.74. The van der Waals surface area contributed by atoms with E-state index < -0.39 is 0 Å². The minimum atomic E-state index is -0.00390. The number of ether oxygens (including phenoxy) is 1. The molecule has 0 saturated heterocycles. The van der Waals surface area contributed by atoms with E-state index in [1.54, 1.807) is 18.7 Å². The van der Waals surface area contributed by atoms with Crippen molar-refractivity contribution in [1.29, 1.82) is 0 Å². The predicted molar refractivity (Wildman–Crippen MR) is 132 cm³/mol. The van der Waals surface area contributed by atoms with Gasteiger partial charge in [-0.05, 0) is 36.3 Å². The molecule has 0 spiro atoms. The van der Waals surface area contributed by atoms with Crippen molar-refractivity contribution >= 4 is 17.7 Å². The first-order valence-corrected chi connectivity index (χ1v) is 12.2. The molecule has 6 nitrogen and oxygen atoms in total. The summed E-state index contributed by atoms with van der Waals surface area (Å²) in [7, 11) is 3.42. The molecule has 0 unspecified atom stereocenters. The van der Waals surface area contributed by atoms with Crippen molar-refractivity contribution in [2.75, 3.05) is 26.0 Å². The van der Waals surface area contributed by atoms with Gasteiger partial charge in [-0.3, -0.25) is 14.2 Å². The topological polar surface area (TPSA) is 73.2 Å². The molecule has 1 aromatic carbocycles. The maximum Gasteiger partial charge on any atom is 0.257 e. The Bertz CT molecular complexity index is 947. The molecule has 0 bridgehead atoms. The van der Waals surface area contributed by atoms with Crippen LogP contribution >= 0.6 is 11.8 Å². The lowest BCUT2D eigenvalue weighted by molar-refractivity contribution is -0.121. The predicted octanol–water partition coefficient (Wildman–Crippen LogP) is 4.00. The van der Waals surface area contributed by atoms with Crippen molar-refractivity contribution in [1.82, 2.24) is 14.9 Å². The Morgan fingerprint density at radius 3 is 2.50 bits per heavy atom. The van der Waals surface area contributed by atoms with Crippen LogP contribution in [0.2, 0.25) is 0 Å². The molecule has 2 rings (SSSR count). The van der Waals surface area contributed by atoms with Gasteiger partial charge >= 0.3 is 0 Å². The second kappa shape index (κ2) is 12.2. The first kappa shape index (κ1) is 26.1. The van der Waals surface area contributed by atoms with Gasteiger partial charge in [-0.15, -0.1) is 0 Å². The molecule has 0 fully saturated rings. The van der Waals surface area contributed by atoms with Gasteiger partial charge in [0.25, 0.3) is 5.56 Å². The molecule has 32 heavy (non-hydrogen) atoms. The van der Waals surface area contributed by atoms with E-state index >= 15 is 0 Å². The Balaban J connectivity index is 1.94. The monoisotopic (exact) mass is 459 g/mol. The number of aromatic nitrogens is 2. The third-order valence-electron chi connectivity index (χ3n) is 5.38. The molecule has 0 aliphatic rings. The summed E-state index contributed by atoms with van der Waals surface area (Å²) in [5, 5.41) is 3.58. The van der Waals surface area contributed by atoms with E-state index in [-0.39, 0.29) is 16.9 Å². The second-order valence-corrected chi connectivity index (χ2v) is 10.2. The lowest BCUT2D eigenvalue weighted by Crippen LogP contribution is -2.26. The highest BCUT2D eigenvalue weighted by atomic mass is 32.2. The first-order chi connectivity index (χ1) is 15.1. The molecule has 7 heteroatoms. The van der Waals surface area contributed by atoms with Gasteiger partial charge in [0.2, 0.25) is 5.91 Å². The van der Waals surface area contributed by atoms with Crippen LogP contribution in [-0.2, 0) is 28.4 Å². The molecule has 1 N–H and O–H groups in total. The van der Waals surface area contributed by atoms with Gasteiger partial charge in [0.05, 0.1) is 0 Å². The van der Waals surface area contributed by atoms with Crippen LogP contribution in [-0.4, -0.2) is 41.5 Å². The number of amides is 1. The molecule has 0 aliphatic carbocycles. The SMILES string of the molecule is COCCCNC(=O)CCCSc1nc(C)c(Cc2ccc(C(C)(C)C)cc2)c(=O)n1C. The van der Waals surface area contributed by atoms with Gasteiger partial charge in [-0.25, -0.2) is 4.98 Å². The van der Waals surface area contributed by atoms with Crippen molar-refractivity contribution in [3.05, 3.63) is 57.0 Å². The summed E-state index contributed by atoms with van der Waals surface area (Å²) in [5.41, 5.74) is 3.99. The average molecular weight is 460 g/mol. The Morgan fingerprint density at radius 1 is 1.19 bits per heavy atom. The normalized spacial score (nSPS) is 11.6. The van der Waals surface area contributed by atoms with E-state index in [4.69, 9.17) is 4.74 Å². The molecule has 2 aromatic rings. The van der Waals surface area contributed by atoms with Gasteiger partial charge in [0.15, 0.2) is 5.16 Å². The standard InChI is InChI=1S/C25H37N3O3S/c1-18-21(17-19-10-12-20(13-11-19)25(2,3)4)23(30)28(5)24(27-18)32-16-7-9-22(29)26-14-8-15-31-6/h10-13H,7-9,14-17H2,1-6H3,(H,26,29). The highest BCUT2D eigenvalue weighted by molar-refractivity contribution is 7.99. The fourth-order valence-corrected chi connectivity index (χ4v) is 4.27. The van der Waals surface area contributed by atoms with Crippen molar-refractivity contribution in [2.45, 2.75) is 63.9 Å². The van der Waals surface area contributed by atoms with Gasteiger partial charge in [-0.1, -0.05) is 56.8 Å². The minimum absolute atomic E-state index is 0.00390. The van der Waals surface area contributed by atoms with E-state index in [0.29, 0.717) is 31.1 Å². The van der Waals surface area contributed by atoms with E-state index in [9.17, 15) is 9.59 Å². The van der Waals surface area contributed by atoms with Crippen LogP contribution in [0.5, 0.6) is 0 Å². The summed E-state index contributed by atoms with van der Waals surface area (Å²) in [5.74, 6) is 0.784. The zero-order valence-electron chi connectivity index (χ0n) is 20.3. The van der Waals surface area contributed by atoms with Gasteiger partial charge in [0, 0.05) is 57.2 Å². The molecule has 0 radical (unpaired) electrons. The van der Waals surface area contributed by atoms with Crippen LogP contribution in [0.4, 0.5) is 0 Å². The number of rotatable bonds is 11. The fraction of sp³-hybridized carbons (Fsp3) is 0.560. The number of nitrogens with one attached hydrogen (secondary N) is 1. The van der Waals surface area contributed by atoms with Crippen molar-refractivity contribution in [3.8, 4) is 0 Å². The van der Waals surface area contributed by atoms with Crippen LogP contribution in [0.25, 0.3) is 0 Å². The third kappa shape index (κ3) is 7.78. The summed E-state index contributed by atoms with van der Waals surface area (Å²) in [6, 6.07) is 8.48. The Morgan fingerprint density at radius 2 is 1.88 bits per heavy atom. The van der Waals surface area contributed by atoms with Crippen LogP contribution in [0.3, 0.4) is 0 Å². The lowest BCUT2D eigenvalue weighted by Gasteiger charge is -2.19. The molecule has 0 aliphatic heterocycles. The second-order valence-electron chi connectivity index (χ2n) is 9.09. The van der Waals surface area contributed by atoms with Crippen molar-refractivity contribution in [2.24, 2.45) is 7.05 Å². The summed E-state index contributed by atoms with van der Waals surface area (Å²) in [6.07, 6.45) is 2.59. The van der Waals surface area contributed by atoms with Crippen molar-refractivity contribution in [3.63, 3.8) is 0 Å². The number of thioether (sulfide) groups is 1.